The van der Waals surface area contributed by atoms with Crippen molar-refractivity contribution in [3.8, 4) is 11.8 Å². The molecular weight excluding hydrogens is 166 g/mol. The van der Waals surface area contributed by atoms with E-state index in [2.05, 4.69) is 5.10 Å². The molecule has 0 radical (unpaired) electrons. The summed E-state index contributed by atoms with van der Waals surface area (Å²) in [5.74, 6) is 0.181. The van der Waals surface area contributed by atoms with Gasteiger partial charge in [-0.25, -0.2) is 0 Å². The molecular formula is C9H7N3O. The summed E-state index contributed by atoms with van der Waals surface area (Å²) in [6.07, 6.45) is 0. The minimum Gasteiger partial charge on any atom is -0.508 e. The van der Waals surface area contributed by atoms with Crippen LogP contribution in [0, 0.1) is 11.3 Å². The number of phenols is 1. The van der Waals surface area contributed by atoms with Gasteiger partial charge in [0, 0.05) is 18.5 Å². The topological polar surface area (TPSA) is 61.8 Å². The summed E-state index contributed by atoms with van der Waals surface area (Å²) in [6, 6.07) is 6.82. The van der Waals surface area contributed by atoms with E-state index in [1.54, 1.807) is 29.9 Å². The molecule has 0 saturated carbocycles. The molecule has 4 heteroatoms. The number of nitrogens with zero attached hydrogens (tertiary/aromatic N) is 3. The van der Waals surface area contributed by atoms with Crippen LogP contribution >= 0.6 is 0 Å². The molecule has 0 aliphatic heterocycles. The van der Waals surface area contributed by atoms with Crippen LogP contribution in [-0.4, -0.2) is 14.9 Å². The molecule has 1 N–H and O–H groups in total. The van der Waals surface area contributed by atoms with Crippen molar-refractivity contribution in [3.05, 3.63) is 23.9 Å². The normalized spacial score (nSPS) is 10.2. The Kier molecular flexibility index (Phi) is 1.46. The lowest BCUT2D eigenvalue weighted by Gasteiger charge is -1.93. The fourth-order valence-corrected chi connectivity index (χ4v) is 1.33. The molecule has 2 rings (SSSR count). The SMILES string of the molecule is Cn1nc(C#N)c2ccc(O)cc21. The van der Waals surface area contributed by atoms with Gasteiger partial charge in [-0.1, -0.05) is 0 Å². The van der Waals surface area contributed by atoms with Crippen molar-refractivity contribution < 1.29 is 5.11 Å². The molecule has 1 heterocycles. The molecule has 13 heavy (non-hydrogen) atoms. The van der Waals surface area contributed by atoms with Gasteiger partial charge in [0.15, 0.2) is 5.69 Å². The van der Waals surface area contributed by atoms with Gasteiger partial charge in [0.1, 0.15) is 11.8 Å². The zero-order valence-electron chi connectivity index (χ0n) is 7.02. The number of aryl methyl sites for hydroxylation is 1. The van der Waals surface area contributed by atoms with Crippen molar-refractivity contribution in [3.63, 3.8) is 0 Å². The Morgan fingerprint density at radius 1 is 1.54 bits per heavy atom. The third-order valence-electron chi connectivity index (χ3n) is 1.94. The van der Waals surface area contributed by atoms with Crippen LogP contribution in [0.25, 0.3) is 10.9 Å². The minimum absolute atomic E-state index is 0.181. The van der Waals surface area contributed by atoms with Crippen LogP contribution in [0.15, 0.2) is 18.2 Å². The number of fused-ring (bicyclic) bond motifs is 1. The molecule has 0 unspecified atom stereocenters. The van der Waals surface area contributed by atoms with E-state index in [0.717, 1.165) is 10.9 Å². The van der Waals surface area contributed by atoms with Gasteiger partial charge in [-0.15, -0.1) is 0 Å². The minimum atomic E-state index is 0.181. The third-order valence-corrected chi connectivity index (χ3v) is 1.94. The summed E-state index contributed by atoms with van der Waals surface area (Å²) in [7, 11) is 1.74. The quantitative estimate of drug-likeness (QED) is 0.650. The molecule has 0 bridgehead atoms. The van der Waals surface area contributed by atoms with E-state index in [0.29, 0.717) is 5.69 Å². The first-order chi connectivity index (χ1) is 6.22. The Morgan fingerprint density at radius 2 is 2.31 bits per heavy atom. The summed E-state index contributed by atoms with van der Waals surface area (Å²) in [6.45, 7) is 0. The lowest BCUT2D eigenvalue weighted by atomic mass is 10.2. The number of rotatable bonds is 0. The standard InChI is InChI=1S/C9H7N3O/c1-12-9-4-6(13)2-3-7(9)8(5-10)11-12/h2-4,13H,1H3. The number of hydrogen-bond donors (Lipinski definition) is 1. The van der Waals surface area contributed by atoms with Crippen molar-refractivity contribution in [1.82, 2.24) is 9.78 Å². The maximum atomic E-state index is 9.21. The zero-order valence-corrected chi connectivity index (χ0v) is 7.02. The summed E-state index contributed by atoms with van der Waals surface area (Å²) in [5.41, 5.74) is 1.15. The smallest absolute Gasteiger partial charge is 0.170 e. The monoisotopic (exact) mass is 173 g/mol. The molecule has 0 aliphatic carbocycles. The Morgan fingerprint density at radius 3 is 3.00 bits per heavy atom. The van der Waals surface area contributed by atoms with E-state index in [9.17, 15) is 5.11 Å². The average Bonchev–Trinajstić information content (AvgIpc) is 2.43. The van der Waals surface area contributed by atoms with Gasteiger partial charge in [0.25, 0.3) is 0 Å². The Bertz CT molecular complexity index is 507. The van der Waals surface area contributed by atoms with Crippen molar-refractivity contribution in [1.29, 1.82) is 5.26 Å². The van der Waals surface area contributed by atoms with Gasteiger partial charge in [-0.3, -0.25) is 4.68 Å². The first-order valence-corrected chi connectivity index (χ1v) is 3.78. The molecule has 1 aromatic heterocycles. The highest BCUT2D eigenvalue weighted by molar-refractivity contribution is 5.85. The fourth-order valence-electron chi connectivity index (χ4n) is 1.33. The maximum Gasteiger partial charge on any atom is 0.170 e. The highest BCUT2D eigenvalue weighted by Crippen LogP contribution is 2.21. The van der Waals surface area contributed by atoms with E-state index in [-0.39, 0.29) is 5.75 Å². The van der Waals surface area contributed by atoms with Crippen LogP contribution in [-0.2, 0) is 7.05 Å². The third kappa shape index (κ3) is 1.02. The van der Waals surface area contributed by atoms with Crippen LogP contribution in [0.3, 0.4) is 0 Å². The fraction of sp³-hybridized carbons (Fsp3) is 0.111. The van der Waals surface area contributed by atoms with Gasteiger partial charge in [0.05, 0.1) is 5.52 Å². The molecule has 64 valence electrons. The maximum absolute atomic E-state index is 9.21. The van der Waals surface area contributed by atoms with E-state index in [1.165, 1.54) is 0 Å². The van der Waals surface area contributed by atoms with E-state index in [4.69, 9.17) is 5.26 Å². The predicted molar refractivity (Wildman–Crippen MR) is 47.1 cm³/mol. The van der Waals surface area contributed by atoms with Gasteiger partial charge < -0.3 is 5.11 Å². The summed E-state index contributed by atoms with van der Waals surface area (Å²) in [4.78, 5) is 0. The van der Waals surface area contributed by atoms with E-state index in [1.807, 2.05) is 6.07 Å². The van der Waals surface area contributed by atoms with Crippen molar-refractivity contribution in [2.75, 3.05) is 0 Å². The second-order valence-electron chi connectivity index (χ2n) is 2.79. The lowest BCUT2D eigenvalue weighted by Crippen LogP contribution is -1.89. The van der Waals surface area contributed by atoms with Crippen LogP contribution in [0.4, 0.5) is 0 Å². The first-order valence-electron chi connectivity index (χ1n) is 3.78. The lowest BCUT2D eigenvalue weighted by molar-refractivity contribution is 0.476. The highest BCUT2D eigenvalue weighted by Gasteiger charge is 2.07. The van der Waals surface area contributed by atoms with Gasteiger partial charge in [-0.05, 0) is 12.1 Å². The van der Waals surface area contributed by atoms with Gasteiger partial charge in [-0.2, -0.15) is 10.4 Å². The Balaban J connectivity index is 2.90. The van der Waals surface area contributed by atoms with Crippen molar-refractivity contribution in [2.24, 2.45) is 7.05 Å². The van der Waals surface area contributed by atoms with Crippen LogP contribution in [0.1, 0.15) is 5.69 Å². The summed E-state index contributed by atoms with van der Waals surface area (Å²) in [5, 5.41) is 22.7. The molecule has 1 aromatic carbocycles. The number of benzene rings is 1. The van der Waals surface area contributed by atoms with Crippen LogP contribution < -0.4 is 0 Å². The molecule has 0 amide bonds. The largest absolute Gasteiger partial charge is 0.508 e. The van der Waals surface area contributed by atoms with E-state index < -0.39 is 0 Å². The second kappa shape index (κ2) is 2.49. The molecule has 0 saturated heterocycles. The molecule has 4 nitrogen and oxygen atoms in total. The van der Waals surface area contributed by atoms with Crippen LogP contribution in [0.5, 0.6) is 5.75 Å². The first kappa shape index (κ1) is 7.62. The number of aromatic nitrogens is 2. The Hall–Kier alpha value is -2.02. The Labute approximate surface area is 74.6 Å². The van der Waals surface area contributed by atoms with Crippen molar-refractivity contribution in [2.45, 2.75) is 0 Å². The van der Waals surface area contributed by atoms with Crippen LogP contribution in [0.2, 0.25) is 0 Å². The molecule has 0 aliphatic rings. The summed E-state index contributed by atoms with van der Waals surface area (Å²) < 4.78 is 1.58. The zero-order chi connectivity index (χ0) is 9.42. The average molecular weight is 173 g/mol. The number of nitriles is 1. The molecule has 0 spiro atoms. The number of phenolic OH excluding ortho intramolecular Hbond substituents is 1. The second-order valence-corrected chi connectivity index (χ2v) is 2.79. The predicted octanol–water partition coefficient (Wildman–Crippen LogP) is 1.15. The van der Waals surface area contributed by atoms with Gasteiger partial charge >= 0.3 is 0 Å². The molecule has 2 aromatic rings. The molecule has 0 atom stereocenters. The van der Waals surface area contributed by atoms with E-state index >= 15 is 0 Å². The highest BCUT2D eigenvalue weighted by atomic mass is 16.3. The molecule has 0 fully saturated rings. The van der Waals surface area contributed by atoms with Gasteiger partial charge in [0.2, 0.25) is 0 Å². The summed E-state index contributed by atoms with van der Waals surface area (Å²) >= 11 is 0. The number of aromatic hydroxyl groups is 1. The van der Waals surface area contributed by atoms with Crippen molar-refractivity contribution >= 4 is 10.9 Å². The number of hydrogen-bond acceptors (Lipinski definition) is 3.